The number of nitrogens with zero attached hydrogens (tertiary/aromatic N) is 3. The van der Waals surface area contributed by atoms with E-state index in [-0.39, 0.29) is 28.8 Å². The van der Waals surface area contributed by atoms with Gasteiger partial charge in [-0.3, -0.25) is 9.59 Å². The summed E-state index contributed by atoms with van der Waals surface area (Å²) in [5.41, 5.74) is 3.16. The van der Waals surface area contributed by atoms with Gasteiger partial charge in [-0.25, -0.2) is 4.68 Å². The molecule has 0 saturated heterocycles. The van der Waals surface area contributed by atoms with Crippen molar-refractivity contribution in [1.29, 1.82) is 0 Å². The van der Waals surface area contributed by atoms with Crippen molar-refractivity contribution < 1.29 is 14.3 Å². The summed E-state index contributed by atoms with van der Waals surface area (Å²) in [6.07, 6.45) is 1.27. The zero-order valence-corrected chi connectivity index (χ0v) is 20.2. The zero-order chi connectivity index (χ0) is 23.9. The molecule has 1 N–H and O–H groups in total. The molecule has 2 aromatic carbocycles. The predicted octanol–water partition coefficient (Wildman–Crippen LogP) is 4.92. The van der Waals surface area contributed by atoms with E-state index in [1.807, 2.05) is 30.3 Å². The van der Waals surface area contributed by atoms with Gasteiger partial charge in [-0.15, -0.1) is 5.10 Å². The quantitative estimate of drug-likeness (QED) is 0.401. The molecule has 0 amide bonds. The van der Waals surface area contributed by atoms with Crippen molar-refractivity contribution in [3.63, 3.8) is 0 Å². The number of anilines is 1. The fourth-order valence-corrected chi connectivity index (χ4v) is 5.31. The van der Waals surface area contributed by atoms with Gasteiger partial charge in [0.05, 0.1) is 12.9 Å². The molecule has 0 fully saturated rings. The van der Waals surface area contributed by atoms with Crippen LogP contribution in [-0.2, 0) is 4.79 Å². The van der Waals surface area contributed by atoms with Gasteiger partial charge in [0.1, 0.15) is 11.8 Å². The number of Topliss-reactive ketones (excluding diaryl/α,β-unsaturated/α-hetero) is 2. The van der Waals surface area contributed by atoms with Gasteiger partial charge in [-0.05, 0) is 41.7 Å². The molecule has 0 bridgehead atoms. The molecule has 1 aliphatic carbocycles. The highest BCUT2D eigenvalue weighted by atomic mass is 32.2. The van der Waals surface area contributed by atoms with E-state index in [0.717, 1.165) is 23.3 Å². The van der Waals surface area contributed by atoms with Crippen LogP contribution in [0.4, 0.5) is 5.95 Å². The number of methoxy groups -OCH3 is 1. The van der Waals surface area contributed by atoms with Gasteiger partial charge < -0.3 is 10.1 Å². The highest BCUT2D eigenvalue weighted by Gasteiger charge is 2.41. The number of ketones is 2. The minimum absolute atomic E-state index is 0.0117. The Morgan fingerprint density at radius 2 is 1.88 bits per heavy atom. The summed E-state index contributed by atoms with van der Waals surface area (Å²) in [5, 5.41) is 8.58. The molecule has 174 valence electrons. The Morgan fingerprint density at radius 1 is 1.15 bits per heavy atom. The molecule has 1 unspecified atom stereocenters. The van der Waals surface area contributed by atoms with Crippen LogP contribution in [-0.4, -0.2) is 39.2 Å². The van der Waals surface area contributed by atoms with Crippen LogP contribution in [0.3, 0.4) is 0 Å². The summed E-state index contributed by atoms with van der Waals surface area (Å²) in [6, 6.07) is 16.6. The van der Waals surface area contributed by atoms with Crippen molar-refractivity contribution in [2.45, 2.75) is 37.9 Å². The van der Waals surface area contributed by atoms with Gasteiger partial charge >= 0.3 is 0 Å². The molecule has 8 heteroatoms. The molecular weight excluding hydrogens is 448 g/mol. The molecule has 7 nitrogen and oxygen atoms in total. The van der Waals surface area contributed by atoms with Gasteiger partial charge in [0.25, 0.3) is 0 Å². The first kappa shape index (κ1) is 22.4. The third-order valence-electron chi connectivity index (χ3n) is 6.17. The second-order valence-electron chi connectivity index (χ2n) is 9.37. The number of hydrogen-bond donors (Lipinski definition) is 1. The Labute approximate surface area is 202 Å². The van der Waals surface area contributed by atoms with E-state index >= 15 is 0 Å². The van der Waals surface area contributed by atoms with E-state index in [1.165, 1.54) is 11.8 Å². The van der Waals surface area contributed by atoms with Crippen LogP contribution in [0.1, 0.15) is 48.7 Å². The largest absolute Gasteiger partial charge is 0.497 e. The standard InChI is InChI=1S/C26H26N4O3S/c1-26(2)13-19-22(20(31)14-26)23(17-7-5-4-6-8-17)30-24(27-19)28-25(29-30)34-15-21(32)16-9-11-18(33-3)12-10-16/h4-12,23H,13-15H2,1-3H3,(H,27,28,29). The Hall–Kier alpha value is -3.39. The first-order chi connectivity index (χ1) is 16.3. The van der Waals surface area contributed by atoms with Gasteiger partial charge in [0.15, 0.2) is 11.6 Å². The lowest BCUT2D eigenvalue weighted by Gasteiger charge is -2.38. The van der Waals surface area contributed by atoms with Crippen LogP contribution in [0.2, 0.25) is 0 Å². The number of carbonyl (C=O) groups excluding carboxylic acids is 2. The second-order valence-corrected chi connectivity index (χ2v) is 10.3. The maximum Gasteiger partial charge on any atom is 0.227 e. The fourth-order valence-electron chi connectivity index (χ4n) is 4.58. The number of rotatable bonds is 6. The lowest BCUT2D eigenvalue weighted by molar-refractivity contribution is -0.118. The molecule has 1 aliphatic heterocycles. The van der Waals surface area contributed by atoms with Crippen LogP contribution >= 0.6 is 11.8 Å². The van der Waals surface area contributed by atoms with Crippen LogP contribution in [0, 0.1) is 5.41 Å². The molecule has 5 rings (SSSR count). The molecule has 0 spiro atoms. The van der Waals surface area contributed by atoms with Crippen LogP contribution in [0.5, 0.6) is 5.75 Å². The second kappa shape index (κ2) is 8.76. The number of allylic oxidation sites excluding steroid dienone is 2. The summed E-state index contributed by atoms with van der Waals surface area (Å²) in [5.74, 6) is 1.64. The monoisotopic (exact) mass is 474 g/mol. The summed E-state index contributed by atoms with van der Waals surface area (Å²) < 4.78 is 6.94. The third kappa shape index (κ3) is 4.25. The highest BCUT2D eigenvalue weighted by molar-refractivity contribution is 7.99. The molecule has 2 heterocycles. The molecule has 0 saturated carbocycles. The lowest BCUT2D eigenvalue weighted by Crippen LogP contribution is -2.36. The maximum atomic E-state index is 13.2. The van der Waals surface area contributed by atoms with E-state index in [4.69, 9.17) is 9.84 Å². The van der Waals surface area contributed by atoms with Gasteiger partial charge in [0, 0.05) is 23.3 Å². The normalized spacial score (nSPS) is 18.7. The Kier molecular flexibility index (Phi) is 5.77. The van der Waals surface area contributed by atoms with Crippen molar-refractivity contribution in [3.05, 3.63) is 77.0 Å². The van der Waals surface area contributed by atoms with Crippen molar-refractivity contribution >= 4 is 29.3 Å². The average Bonchev–Trinajstić information content (AvgIpc) is 3.23. The first-order valence-electron chi connectivity index (χ1n) is 11.2. The smallest absolute Gasteiger partial charge is 0.227 e. The Bertz CT molecular complexity index is 1280. The van der Waals surface area contributed by atoms with Gasteiger partial charge in [0.2, 0.25) is 11.1 Å². The van der Waals surface area contributed by atoms with Gasteiger partial charge in [-0.2, -0.15) is 4.98 Å². The minimum atomic E-state index is -0.338. The van der Waals surface area contributed by atoms with Crippen molar-refractivity contribution in [1.82, 2.24) is 14.8 Å². The first-order valence-corrected chi connectivity index (χ1v) is 12.2. The molecule has 0 radical (unpaired) electrons. The number of thioether (sulfide) groups is 1. The van der Waals surface area contributed by atoms with Crippen molar-refractivity contribution in [2.75, 3.05) is 18.2 Å². The summed E-state index contributed by atoms with van der Waals surface area (Å²) in [4.78, 5) is 30.6. The summed E-state index contributed by atoms with van der Waals surface area (Å²) >= 11 is 1.29. The van der Waals surface area contributed by atoms with E-state index < -0.39 is 0 Å². The topological polar surface area (TPSA) is 86.1 Å². The van der Waals surface area contributed by atoms with E-state index in [9.17, 15) is 9.59 Å². The molecule has 1 aromatic heterocycles. The fraction of sp³-hybridized carbons (Fsp3) is 0.308. The van der Waals surface area contributed by atoms with Crippen LogP contribution in [0.25, 0.3) is 0 Å². The molecular formula is C26H26N4O3S. The van der Waals surface area contributed by atoms with E-state index in [1.54, 1.807) is 36.1 Å². The summed E-state index contributed by atoms with van der Waals surface area (Å²) in [6.45, 7) is 4.22. The molecule has 1 atom stereocenters. The van der Waals surface area contributed by atoms with E-state index in [2.05, 4.69) is 24.1 Å². The number of carbonyl (C=O) groups is 2. The number of fused-ring (bicyclic) bond motifs is 1. The van der Waals surface area contributed by atoms with Crippen molar-refractivity contribution in [2.24, 2.45) is 5.41 Å². The summed E-state index contributed by atoms with van der Waals surface area (Å²) in [7, 11) is 1.59. The molecule has 2 aliphatic rings. The van der Waals surface area contributed by atoms with Crippen LogP contribution < -0.4 is 10.1 Å². The minimum Gasteiger partial charge on any atom is -0.497 e. The predicted molar refractivity (Wildman–Crippen MR) is 131 cm³/mol. The Morgan fingerprint density at radius 3 is 2.59 bits per heavy atom. The number of hydrogen-bond acceptors (Lipinski definition) is 7. The van der Waals surface area contributed by atoms with Crippen LogP contribution in [0.15, 0.2) is 71.0 Å². The number of nitrogens with one attached hydrogen (secondary N) is 1. The maximum absolute atomic E-state index is 13.2. The molecule has 3 aromatic rings. The number of benzene rings is 2. The molecule has 34 heavy (non-hydrogen) atoms. The van der Waals surface area contributed by atoms with E-state index in [0.29, 0.717) is 28.8 Å². The van der Waals surface area contributed by atoms with Crippen molar-refractivity contribution in [3.8, 4) is 5.75 Å². The number of ether oxygens (including phenoxy) is 1. The number of aromatic nitrogens is 3. The average molecular weight is 475 g/mol. The SMILES string of the molecule is COc1ccc(C(=O)CSc2nc3n(n2)C(c2ccccc2)C2=C(CC(C)(C)CC2=O)N3)cc1. The third-order valence-corrected chi connectivity index (χ3v) is 7.01. The highest BCUT2D eigenvalue weighted by Crippen LogP contribution is 2.45. The lowest BCUT2D eigenvalue weighted by atomic mass is 9.73. The van der Waals surface area contributed by atoms with Gasteiger partial charge in [-0.1, -0.05) is 55.9 Å². The Balaban J connectivity index is 1.43. The zero-order valence-electron chi connectivity index (χ0n) is 19.4.